The van der Waals surface area contributed by atoms with Gasteiger partial charge in [0.25, 0.3) is 0 Å². The van der Waals surface area contributed by atoms with Crippen molar-refractivity contribution in [1.82, 2.24) is 0 Å². The van der Waals surface area contributed by atoms with Gasteiger partial charge in [0.2, 0.25) is 5.78 Å². The van der Waals surface area contributed by atoms with Gasteiger partial charge in [-0.1, -0.05) is 57.7 Å². The van der Waals surface area contributed by atoms with E-state index < -0.39 is 0 Å². The molecule has 5 heteroatoms. The third kappa shape index (κ3) is 4.44. The third-order valence-corrected chi connectivity index (χ3v) is 5.74. The van der Waals surface area contributed by atoms with Crippen molar-refractivity contribution in [2.45, 2.75) is 41.2 Å². The van der Waals surface area contributed by atoms with Gasteiger partial charge in [-0.25, -0.2) is 0 Å². The fraction of sp³-hybridized carbons (Fsp3) is 0.370. The lowest BCUT2D eigenvalue weighted by atomic mass is 9.99. The number of hydrogen-bond donors (Lipinski definition) is 1. The second-order valence-electron chi connectivity index (χ2n) is 9.62. The number of aryl methyl sites for hydroxylation is 1. The van der Waals surface area contributed by atoms with Crippen molar-refractivity contribution < 1.29 is 24.0 Å². The first-order valence-electron chi connectivity index (χ1n) is 11.3. The molecule has 3 aromatic rings. The quantitative estimate of drug-likeness (QED) is 0.569. The van der Waals surface area contributed by atoms with Crippen molar-refractivity contribution in [2.24, 2.45) is 11.8 Å². The molecule has 168 valence electrons. The first kappa shape index (κ1) is 22.2. The summed E-state index contributed by atoms with van der Waals surface area (Å²) in [6.45, 7) is 13.0. The summed E-state index contributed by atoms with van der Waals surface area (Å²) in [6.07, 6.45) is 1.63. The summed E-state index contributed by atoms with van der Waals surface area (Å²) in [5, 5.41) is 13.9. The summed E-state index contributed by atoms with van der Waals surface area (Å²) in [6, 6.07) is 11.1. The Kier molecular flexibility index (Phi) is 6.11. The van der Waals surface area contributed by atoms with Gasteiger partial charge in [0.15, 0.2) is 5.76 Å². The number of ether oxygens (including phenoxy) is 1. The van der Waals surface area contributed by atoms with Crippen LogP contribution in [0.5, 0.6) is 11.5 Å². The number of ketones is 1. The van der Waals surface area contributed by atoms with Gasteiger partial charge < -0.3 is 19.2 Å². The number of quaternary nitrogens is 1. The van der Waals surface area contributed by atoms with Crippen LogP contribution in [0, 0.1) is 18.8 Å². The van der Waals surface area contributed by atoms with Gasteiger partial charge in [0, 0.05) is 28.9 Å². The van der Waals surface area contributed by atoms with Crippen LogP contribution >= 0.6 is 0 Å². The van der Waals surface area contributed by atoms with Crippen LogP contribution in [-0.4, -0.2) is 18.9 Å². The van der Waals surface area contributed by atoms with Crippen LogP contribution in [0.4, 0.5) is 0 Å². The minimum Gasteiger partial charge on any atom is -0.872 e. The van der Waals surface area contributed by atoms with Crippen LogP contribution in [0.3, 0.4) is 0 Å². The highest BCUT2D eigenvalue weighted by Crippen LogP contribution is 2.40. The molecule has 0 bridgehead atoms. The van der Waals surface area contributed by atoms with Crippen LogP contribution in [-0.2, 0) is 6.54 Å². The maximum Gasteiger partial charge on any atom is 0.232 e. The molecule has 4 rings (SSSR count). The predicted molar refractivity (Wildman–Crippen MR) is 124 cm³/mol. The van der Waals surface area contributed by atoms with E-state index in [1.807, 2.05) is 30.3 Å². The molecule has 0 atom stereocenters. The summed E-state index contributed by atoms with van der Waals surface area (Å²) in [5.74, 6) is 1.91. The Balaban J connectivity index is 1.70. The predicted octanol–water partition coefficient (Wildman–Crippen LogP) is 4.13. The molecular formula is C27H31NO4. The Morgan fingerprint density at radius 2 is 1.75 bits per heavy atom. The van der Waals surface area contributed by atoms with Gasteiger partial charge in [-0.3, -0.25) is 4.79 Å². The zero-order valence-electron chi connectivity index (χ0n) is 19.5. The number of fused-ring (bicyclic) bond motifs is 2. The second-order valence-corrected chi connectivity index (χ2v) is 9.62. The lowest BCUT2D eigenvalue weighted by Gasteiger charge is -2.26. The SMILES string of the molecule is Cc1cc([O-])c(C[NH+](CC(C)C)CC(C)C)c2c1C(=O)C(=Cc1cc3ccccc3o1)O2. The average molecular weight is 434 g/mol. The smallest absolute Gasteiger partial charge is 0.232 e. The molecule has 0 saturated heterocycles. The number of hydrogen-bond acceptors (Lipinski definition) is 4. The van der Waals surface area contributed by atoms with Crippen LogP contribution < -0.4 is 14.7 Å². The fourth-order valence-electron chi connectivity index (χ4n) is 4.57. The van der Waals surface area contributed by atoms with E-state index in [0.717, 1.165) is 24.1 Å². The van der Waals surface area contributed by atoms with Crippen molar-refractivity contribution in [3.8, 4) is 11.5 Å². The van der Waals surface area contributed by atoms with Crippen LogP contribution in [0.2, 0.25) is 0 Å². The van der Waals surface area contributed by atoms with Crippen molar-refractivity contribution in [3.63, 3.8) is 0 Å². The molecule has 0 radical (unpaired) electrons. The molecule has 0 unspecified atom stereocenters. The van der Waals surface area contributed by atoms with Crippen LogP contribution in [0.25, 0.3) is 17.0 Å². The molecule has 1 aliphatic rings. The van der Waals surface area contributed by atoms with Crippen molar-refractivity contribution in [1.29, 1.82) is 0 Å². The van der Waals surface area contributed by atoms with Crippen molar-refractivity contribution in [2.75, 3.05) is 13.1 Å². The Bertz CT molecular complexity index is 1140. The molecule has 5 nitrogen and oxygen atoms in total. The normalized spacial score (nSPS) is 14.9. The molecule has 32 heavy (non-hydrogen) atoms. The van der Waals surface area contributed by atoms with Gasteiger partial charge in [0.1, 0.15) is 23.6 Å². The van der Waals surface area contributed by atoms with Gasteiger partial charge in [-0.05, 0) is 24.6 Å². The maximum atomic E-state index is 13.2. The van der Waals surface area contributed by atoms with Crippen LogP contribution in [0.1, 0.15) is 54.9 Å². The first-order valence-corrected chi connectivity index (χ1v) is 11.3. The molecule has 0 saturated carbocycles. The standard InChI is InChI=1S/C27H31NO4/c1-16(2)13-28(14-17(3)4)15-21-22(29)10-18(5)25-26(30)24(32-27(21)25)12-20-11-19-8-6-7-9-23(19)31-20/h6-12,16-17,29H,13-15H2,1-5H3. The van der Waals surface area contributed by atoms with E-state index in [-0.39, 0.29) is 17.3 Å². The number of Topliss-reactive ketones (excluding diaryl/α,β-unsaturated/α-hetero) is 1. The molecule has 0 amide bonds. The zero-order chi connectivity index (χ0) is 23.0. The van der Waals surface area contributed by atoms with E-state index in [1.54, 1.807) is 19.1 Å². The lowest BCUT2D eigenvalue weighted by Crippen LogP contribution is -3.11. The number of benzene rings is 2. The van der Waals surface area contributed by atoms with Gasteiger partial charge >= 0.3 is 0 Å². The Labute approximate surface area is 189 Å². The highest BCUT2D eigenvalue weighted by Gasteiger charge is 2.33. The minimum absolute atomic E-state index is 0.0657. The molecule has 2 heterocycles. The number of nitrogens with one attached hydrogen (secondary N) is 1. The summed E-state index contributed by atoms with van der Waals surface area (Å²) in [7, 11) is 0. The molecule has 1 aromatic heterocycles. The molecule has 1 aliphatic heterocycles. The van der Waals surface area contributed by atoms with E-state index in [0.29, 0.717) is 46.6 Å². The van der Waals surface area contributed by atoms with E-state index in [2.05, 4.69) is 27.7 Å². The van der Waals surface area contributed by atoms with Crippen molar-refractivity contribution in [3.05, 3.63) is 64.6 Å². The fourth-order valence-corrected chi connectivity index (χ4v) is 4.57. The largest absolute Gasteiger partial charge is 0.872 e. The molecular weight excluding hydrogens is 402 g/mol. The van der Waals surface area contributed by atoms with E-state index in [4.69, 9.17) is 9.15 Å². The number of rotatable bonds is 7. The summed E-state index contributed by atoms with van der Waals surface area (Å²) in [4.78, 5) is 14.5. The van der Waals surface area contributed by atoms with Gasteiger partial charge in [-0.15, -0.1) is 0 Å². The zero-order valence-corrected chi connectivity index (χ0v) is 19.5. The molecule has 1 N–H and O–H groups in total. The van der Waals surface area contributed by atoms with E-state index in [1.165, 1.54) is 4.90 Å². The number of para-hydroxylation sites is 1. The molecule has 0 spiro atoms. The highest BCUT2D eigenvalue weighted by molar-refractivity contribution is 6.15. The monoisotopic (exact) mass is 433 g/mol. The van der Waals surface area contributed by atoms with Crippen molar-refractivity contribution >= 4 is 22.8 Å². The summed E-state index contributed by atoms with van der Waals surface area (Å²) >= 11 is 0. The molecule has 0 fully saturated rings. The van der Waals surface area contributed by atoms with Gasteiger partial charge in [-0.2, -0.15) is 0 Å². The number of carbonyl (C=O) groups excluding carboxylic acids is 1. The number of carbonyl (C=O) groups is 1. The summed E-state index contributed by atoms with van der Waals surface area (Å²) in [5.41, 5.74) is 2.49. The third-order valence-electron chi connectivity index (χ3n) is 5.74. The second kappa shape index (κ2) is 8.83. The topological polar surface area (TPSA) is 66.9 Å². The average Bonchev–Trinajstić information content (AvgIpc) is 3.25. The number of furan rings is 1. The Morgan fingerprint density at radius 1 is 1.06 bits per heavy atom. The van der Waals surface area contributed by atoms with Crippen LogP contribution in [0.15, 0.2) is 46.6 Å². The van der Waals surface area contributed by atoms with E-state index >= 15 is 0 Å². The minimum atomic E-state index is -0.200. The lowest BCUT2D eigenvalue weighted by molar-refractivity contribution is -0.919. The Hall–Kier alpha value is -3.05. The maximum absolute atomic E-state index is 13.2. The first-order chi connectivity index (χ1) is 15.2. The number of allylic oxidation sites excluding steroid dienone is 1. The molecule has 2 aromatic carbocycles. The Morgan fingerprint density at radius 3 is 2.41 bits per heavy atom. The summed E-state index contributed by atoms with van der Waals surface area (Å²) < 4.78 is 11.9. The van der Waals surface area contributed by atoms with E-state index in [9.17, 15) is 9.90 Å². The highest BCUT2D eigenvalue weighted by atomic mass is 16.5. The van der Waals surface area contributed by atoms with Gasteiger partial charge in [0.05, 0.1) is 18.7 Å². The molecule has 0 aliphatic carbocycles.